The van der Waals surface area contributed by atoms with Gasteiger partial charge < -0.3 is 10.1 Å². The number of thiophene rings is 1. The lowest BCUT2D eigenvalue weighted by atomic mass is 10.1. The number of benzene rings is 1. The molecule has 2 aromatic rings. The Morgan fingerprint density at radius 2 is 1.74 bits per heavy atom. The summed E-state index contributed by atoms with van der Waals surface area (Å²) >= 11 is 1.27. The molecule has 0 bridgehead atoms. The molecule has 0 aliphatic heterocycles. The maximum absolute atomic E-state index is 12.4. The maximum atomic E-state index is 12.4. The number of anilines is 1. The highest BCUT2D eigenvalue weighted by atomic mass is 32.2. The van der Waals surface area contributed by atoms with Crippen molar-refractivity contribution in [3.63, 3.8) is 0 Å². The number of carbonyl (C=O) groups excluding carboxylic acids is 2. The Morgan fingerprint density at radius 3 is 2.33 bits per heavy atom. The van der Waals surface area contributed by atoms with Gasteiger partial charge in [0.25, 0.3) is 0 Å². The van der Waals surface area contributed by atoms with Gasteiger partial charge in [-0.25, -0.2) is 13.2 Å². The van der Waals surface area contributed by atoms with Crippen molar-refractivity contribution >= 4 is 38.1 Å². The fraction of sp³-hybridized carbons (Fsp3) is 0.368. The van der Waals surface area contributed by atoms with Crippen molar-refractivity contribution in [1.29, 1.82) is 0 Å². The highest BCUT2D eigenvalue weighted by Gasteiger charge is 2.23. The van der Waals surface area contributed by atoms with Crippen molar-refractivity contribution in [3.05, 3.63) is 45.8 Å². The number of hydrogen-bond acceptors (Lipinski definition) is 6. The Bertz CT molecular complexity index is 943. The molecular weight excluding hydrogens is 386 g/mol. The van der Waals surface area contributed by atoms with Gasteiger partial charge in [0.2, 0.25) is 5.91 Å². The minimum absolute atomic E-state index is 0.191. The van der Waals surface area contributed by atoms with E-state index in [9.17, 15) is 18.0 Å². The van der Waals surface area contributed by atoms with Crippen LogP contribution in [-0.2, 0) is 19.4 Å². The lowest BCUT2D eigenvalue weighted by molar-refractivity contribution is -0.115. The molecule has 0 fully saturated rings. The van der Waals surface area contributed by atoms with Crippen LogP contribution in [0.25, 0.3) is 0 Å². The van der Waals surface area contributed by atoms with E-state index in [0.717, 1.165) is 16.0 Å². The van der Waals surface area contributed by atoms with Gasteiger partial charge in [0, 0.05) is 11.3 Å². The number of carbonyl (C=O) groups is 2. The molecule has 0 unspecified atom stereocenters. The first-order valence-corrected chi connectivity index (χ1v) is 11.0. The lowest BCUT2D eigenvalue weighted by Crippen LogP contribution is -2.18. The van der Waals surface area contributed by atoms with E-state index < -0.39 is 21.7 Å². The maximum Gasteiger partial charge on any atom is 0.341 e. The first kappa shape index (κ1) is 21.1. The van der Waals surface area contributed by atoms with Crippen LogP contribution in [0.1, 0.15) is 39.7 Å². The number of esters is 1. The zero-order chi connectivity index (χ0) is 20.2. The molecule has 1 amide bonds. The van der Waals surface area contributed by atoms with E-state index in [-0.39, 0.29) is 23.7 Å². The molecule has 0 saturated heterocycles. The van der Waals surface area contributed by atoms with Crippen LogP contribution in [0.15, 0.2) is 29.2 Å². The minimum Gasteiger partial charge on any atom is -0.462 e. The van der Waals surface area contributed by atoms with Gasteiger partial charge in [0.15, 0.2) is 9.84 Å². The zero-order valence-electron chi connectivity index (χ0n) is 15.8. The van der Waals surface area contributed by atoms with Gasteiger partial charge in [-0.3, -0.25) is 4.79 Å². The van der Waals surface area contributed by atoms with Crippen molar-refractivity contribution in [3.8, 4) is 0 Å². The fourth-order valence-electron chi connectivity index (χ4n) is 2.44. The number of nitrogens with one attached hydrogen (secondary N) is 1. The van der Waals surface area contributed by atoms with Gasteiger partial charge in [-0.1, -0.05) is 17.7 Å². The summed E-state index contributed by atoms with van der Waals surface area (Å²) in [4.78, 5) is 25.5. The van der Waals surface area contributed by atoms with Crippen molar-refractivity contribution in [2.45, 2.75) is 39.0 Å². The number of rotatable bonds is 7. The van der Waals surface area contributed by atoms with Crippen LogP contribution >= 0.6 is 11.3 Å². The highest BCUT2D eigenvalue weighted by Crippen LogP contribution is 2.33. The molecule has 0 atom stereocenters. The summed E-state index contributed by atoms with van der Waals surface area (Å²) in [5.41, 5.74) is 2.04. The van der Waals surface area contributed by atoms with Crippen LogP contribution in [0.3, 0.4) is 0 Å². The number of hydrogen-bond donors (Lipinski definition) is 1. The molecule has 8 heteroatoms. The van der Waals surface area contributed by atoms with Gasteiger partial charge in [-0.2, -0.15) is 0 Å². The second-order valence-corrected chi connectivity index (χ2v) is 9.47. The van der Waals surface area contributed by atoms with E-state index in [0.29, 0.717) is 10.6 Å². The van der Waals surface area contributed by atoms with Gasteiger partial charge >= 0.3 is 5.97 Å². The number of aryl methyl sites for hydroxylation is 2. The molecule has 0 aliphatic carbocycles. The minimum atomic E-state index is -3.55. The van der Waals surface area contributed by atoms with E-state index in [4.69, 9.17) is 4.74 Å². The monoisotopic (exact) mass is 409 g/mol. The molecule has 1 N–H and O–H groups in total. The van der Waals surface area contributed by atoms with Gasteiger partial charge in [-0.15, -0.1) is 11.3 Å². The zero-order valence-corrected chi connectivity index (χ0v) is 17.4. The van der Waals surface area contributed by atoms with E-state index in [1.165, 1.54) is 23.5 Å². The van der Waals surface area contributed by atoms with E-state index in [1.54, 1.807) is 26.0 Å². The Hall–Kier alpha value is -2.19. The normalized spacial score (nSPS) is 11.3. The van der Waals surface area contributed by atoms with Crippen LogP contribution in [0.2, 0.25) is 0 Å². The third kappa shape index (κ3) is 5.17. The highest BCUT2D eigenvalue weighted by molar-refractivity contribution is 7.91. The Kier molecular flexibility index (Phi) is 6.78. The van der Waals surface area contributed by atoms with E-state index in [2.05, 4.69) is 5.32 Å². The van der Waals surface area contributed by atoms with Crippen molar-refractivity contribution in [2.75, 3.05) is 17.7 Å². The fourth-order valence-corrected chi connectivity index (χ4v) is 4.75. The van der Waals surface area contributed by atoms with Crippen molar-refractivity contribution < 1.29 is 22.7 Å². The van der Waals surface area contributed by atoms with Crippen LogP contribution in [-0.4, -0.2) is 32.7 Å². The summed E-state index contributed by atoms with van der Waals surface area (Å²) in [5, 5.41) is 3.05. The smallest absolute Gasteiger partial charge is 0.341 e. The molecule has 27 heavy (non-hydrogen) atoms. The van der Waals surface area contributed by atoms with Crippen LogP contribution < -0.4 is 5.32 Å². The molecule has 2 rings (SSSR count). The van der Waals surface area contributed by atoms with Gasteiger partial charge in [0.05, 0.1) is 22.8 Å². The average Bonchev–Trinajstić information content (AvgIpc) is 2.87. The lowest BCUT2D eigenvalue weighted by Gasteiger charge is -2.08. The first-order chi connectivity index (χ1) is 12.7. The molecule has 0 radical (unpaired) electrons. The van der Waals surface area contributed by atoms with Crippen LogP contribution in [0.4, 0.5) is 5.00 Å². The van der Waals surface area contributed by atoms with Crippen molar-refractivity contribution in [1.82, 2.24) is 0 Å². The summed E-state index contributed by atoms with van der Waals surface area (Å²) in [6.45, 7) is 7.45. The quantitative estimate of drug-likeness (QED) is 0.705. The van der Waals surface area contributed by atoms with Crippen LogP contribution in [0.5, 0.6) is 0 Å². The second-order valence-electron chi connectivity index (χ2n) is 6.14. The Balaban J connectivity index is 2.09. The number of amides is 1. The van der Waals surface area contributed by atoms with E-state index in [1.807, 2.05) is 13.8 Å². The number of ether oxygens (including phenoxy) is 1. The molecular formula is C19H23NO5S2. The predicted molar refractivity (Wildman–Crippen MR) is 106 cm³/mol. The SMILES string of the molecule is CCOC(=O)c1c(NC(=O)CCS(=O)(=O)c2ccc(C)cc2)sc(C)c1C. The molecule has 1 aromatic heterocycles. The Morgan fingerprint density at radius 1 is 1.11 bits per heavy atom. The van der Waals surface area contributed by atoms with Gasteiger partial charge in [-0.05, 0) is 45.4 Å². The third-order valence-electron chi connectivity index (χ3n) is 4.10. The summed E-state index contributed by atoms with van der Waals surface area (Å²) < 4.78 is 29.8. The predicted octanol–water partition coefficient (Wildman–Crippen LogP) is 3.65. The van der Waals surface area contributed by atoms with Gasteiger partial charge in [0.1, 0.15) is 5.00 Å². The molecule has 6 nitrogen and oxygen atoms in total. The summed E-state index contributed by atoms with van der Waals surface area (Å²) in [7, 11) is -3.55. The number of sulfone groups is 1. The standard InChI is InChI=1S/C19H23NO5S2/c1-5-25-19(22)17-13(3)14(4)26-18(17)20-16(21)10-11-27(23,24)15-8-6-12(2)7-9-15/h6-9H,5,10-11H2,1-4H3,(H,20,21). The molecule has 1 aromatic carbocycles. The topological polar surface area (TPSA) is 89.5 Å². The summed E-state index contributed by atoms with van der Waals surface area (Å²) in [6.07, 6.45) is -0.200. The van der Waals surface area contributed by atoms with Crippen LogP contribution in [0, 0.1) is 20.8 Å². The molecule has 0 aliphatic rings. The summed E-state index contributed by atoms with van der Waals surface area (Å²) in [5.74, 6) is -1.26. The summed E-state index contributed by atoms with van der Waals surface area (Å²) in [6, 6.07) is 6.51. The largest absolute Gasteiger partial charge is 0.462 e. The van der Waals surface area contributed by atoms with Crippen molar-refractivity contribution in [2.24, 2.45) is 0 Å². The third-order valence-corrected chi connectivity index (χ3v) is 6.95. The van der Waals surface area contributed by atoms with E-state index >= 15 is 0 Å². The Labute approximate surface area is 163 Å². The second kappa shape index (κ2) is 8.67. The average molecular weight is 410 g/mol. The first-order valence-electron chi connectivity index (χ1n) is 8.52. The molecule has 1 heterocycles. The molecule has 146 valence electrons. The molecule has 0 saturated carbocycles. The molecule has 0 spiro atoms.